The van der Waals surface area contributed by atoms with E-state index < -0.39 is 0 Å². The molecule has 0 amide bonds. The van der Waals surface area contributed by atoms with Crippen molar-refractivity contribution in [1.29, 1.82) is 0 Å². The van der Waals surface area contributed by atoms with E-state index in [9.17, 15) is 0 Å². The summed E-state index contributed by atoms with van der Waals surface area (Å²) in [6.45, 7) is 8.19. The van der Waals surface area contributed by atoms with Crippen molar-refractivity contribution in [2.45, 2.75) is 32.4 Å². The highest BCUT2D eigenvalue weighted by molar-refractivity contribution is 5.98. The van der Waals surface area contributed by atoms with E-state index in [-0.39, 0.29) is 6.04 Å². The number of allylic oxidation sites excluding steroid dienone is 2. The Balaban J connectivity index is 1.31. The molecule has 0 radical (unpaired) electrons. The first kappa shape index (κ1) is 23.6. The van der Waals surface area contributed by atoms with Crippen LogP contribution < -0.4 is 15.8 Å². The third-order valence-corrected chi connectivity index (χ3v) is 6.17. The second-order valence-electron chi connectivity index (χ2n) is 8.87. The fraction of sp³-hybridized carbons (Fsp3) is 0.250. The number of anilines is 1. The Labute approximate surface area is 210 Å². The minimum absolute atomic E-state index is 0.233. The van der Waals surface area contributed by atoms with Crippen molar-refractivity contribution < 1.29 is 9.47 Å². The summed E-state index contributed by atoms with van der Waals surface area (Å²) in [5.41, 5.74) is 9.82. The molecule has 0 spiro atoms. The molecule has 8 nitrogen and oxygen atoms in total. The predicted octanol–water partition coefficient (Wildman–Crippen LogP) is 5.01. The fourth-order valence-corrected chi connectivity index (χ4v) is 4.41. The van der Waals surface area contributed by atoms with Crippen LogP contribution in [0.1, 0.15) is 31.4 Å². The van der Waals surface area contributed by atoms with Gasteiger partial charge in [-0.15, -0.1) is 0 Å². The Morgan fingerprint density at radius 1 is 1.17 bits per heavy atom. The number of nitrogens with one attached hydrogen (secondary N) is 1. The Hall–Kier alpha value is -4.17. The molecule has 3 N–H and O–H groups in total. The van der Waals surface area contributed by atoms with Crippen molar-refractivity contribution in [2.24, 2.45) is 0 Å². The summed E-state index contributed by atoms with van der Waals surface area (Å²) in [5, 5.41) is 9.16. The molecular weight excluding hydrogens is 452 g/mol. The van der Waals surface area contributed by atoms with Crippen molar-refractivity contribution >= 4 is 16.9 Å². The molecule has 36 heavy (non-hydrogen) atoms. The van der Waals surface area contributed by atoms with Gasteiger partial charge in [-0.2, -0.15) is 5.10 Å². The average molecular weight is 483 g/mol. The molecule has 4 aromatic rings. The molecule has 3 heterocycles. The first-order chi connectivity index (χ1) is 17.6. The summed E-state index contributed by atoms with van der Waals surface area (Å²) in [7, 11) is 0. The number of nitrogen functional groups attached to an aromatic ring is 1. The van der Waals surface area contributed by atoms with Gasteiger partial charge in [0.1, 0.15) is 41.7 Å². The van der Waals surface area contributed by atoms with E-state index >= 15 is 0 Å². The lowest BCUT2D eigenvalue weighted by Gasteiger charge is -2.23. The minimum Gasteiger partial charge on any atom is -0.489 e. The van der Waals surface area contributed by atoms with E-state index in [4.69, 9.17) is 20.3 Å². The van der Waals surface area contributed by atoms with Crippen molar-refractivity contribution in [2.75, 3.05) is 18.8 Å². The van der Waals surface area contributed by atoms with Crippen LogP contribution in [0.3, 0.4) is 0 Å². The summed E-state index contributed by atoms with van der Waals surface area (Å²) in [6.07, 6.45) is 5.43. The number of aromatic nitrogens is 4. The summed E-state index contributed by atoms with van der Waals surface area (Å²) >= 11 is 0. The lowest BCUT2D eigenvalue weighted by molar-refractivity contribution is 0.211. The predicted molar refractivity (Wildman–Crippen MR) is 141 cm³/mol. The van der Waals surface area contributed by atoms with Crippen LogP contribution in [0.4, 0.5) is 5.82 Å². The van der Waals surface area contributed by atoms with Gasteiger partial charge in [0.25, 0.3) is 0 Å². The average Bonchev–Trinajstić information content (AvgIpc) is 3.30. The van der Waals surface area contributed by atoms with Gasteiger partial charge in [0.15, 0.2) is 5.65 Å². The van der Waals surface area contributed by atoms with Crippen molar-refractivity contribution in [3.8, 4) is 17.0 Å². The summed E-state index contributed by atoms with van der Waals surface area (Å²) < 4.78 is 13.7. The number of piperidine rings is 1. The monoisotopic (exact) mass is 482 g/mol. The van der Waals surface area contributed by atoms with Crippen LogP contribution in [0.25, 0.3) is 22.3 Å². The highest BCUT2D eigenvalue weighted by Crippen LogP contribution is 2.33. The Kier molecular flexibility index (Phi) is 6.95. The molecule has 1 unspecified atom stereocenters. The van der Waals surface area contributed by atoms with Crippen LogP contribution in [0, 0.1) is 0 Å². The maximum absolute atomic E-state index is 6.27. The maximum atomic E-state index is 6.27. The maximum Gasteiger partial charge on any atom is 0.164 e. The van der Waals surface area contributed by atoms with Crippen molar-refractivity contribution in [3.63, 3.8) is 0 Å². The van der Waals surface area contributed by atoms with Crippen LogP contribution >= 0.6 is 0 Å². The van der Waals surface area contributed by atoms with Crippen molar-refractivity contribution in [1.82, 2.24) is 25.1 Å². The van der Waals surface area contributed by atoms with Crippen LogP contribution in [0.15, 0.2) is 85.1 Å². The standard InChI is InChI=1S/C28H30N6O2/c1-19(35-17-21-7-4-3-5-8-21)15-20(2)36-24-12-10-22(11-13-24)26-25-27(29)31-18-32-28(25)34(33-26)23-9-6-14-30-16-23/h3-5,7-8,10-13,15,18,23,30H,1,6,9,14,16-17H2,2H3,(H2,29,31,32). The number of ether oxygens (including phenoxy) is 2. The normalized spacial score (nSPS) is 16.1. The van der Waals surface area contributed by atoms with E-state index in [0.29, 0.717) is 29.7 Å². The van der Waals surface area contributed by atoms with Crippen LogP contribution in [0.5, 0.6) is 5.75 Å². The van der Waals surface area contributed by atoms with E-state index in [2.05, 4.69) is 21.9 Å². The molecule has 1 aliphatic heterocycles. The molecule has 1 aliphatic rings. The molecule has 184 valence electrons. The molecule has 1 fully saturated rings. The molecular formula is C28H30N6O2. The first-order valence-electron chi connectivity index (χ1n) is 12.1. The SMILES string of the molecule is C=C(C=C(C)Oc1ccc(-c2nn(C3CCCNC3)c3ncnc(N)c23)cc1)OCc1ccccc1. The number of hydrogen-bond acceptors (Lipinski definition) is 7. The highest BCUT2D eigenvalue weighted by atomic mass is 16.5. The van der Waals surface area contributed by atoms with Crippen molar-refractivity contribution in [3.05, 3.63) is 90.7 Å². The van der Waals surface area contributed by atoms with Gasteiger partial charge in [-0.1, -0.05) is 36.9 Å². The third kappa shape index (κ3) is 5.23. The fourth-order valence-electron chi connectivity index (χ4n) is 4.41. The molecule has 5 rings (SSSR count). The second kappa shape index (κ2) is 10.6. The molecule has 8 heteroatoms. The van der Waals surface area contributed by atoms with E-state index in [1.165, 1.54) is 6.33 Å². The lowest BCUT2D eigenvalue weighted by Crippen LogP contribution is -2.32. The summed E-state index contributed by atoms with van der Waals surface area (Å²) in [5.74, 6) is 2.35. The smallest absolute Gasteiger partial charge is 0.164 e. The van der Waals surface area contributed by atoms with Gasteiger partial charge in [0.05, 0.1) is 11.4 Å². The number of fused-ring (bicyclic) bond motifs is 1. The summed E-state index contributed by atoms with van der Waals surface area (Å²) in [6, 6.07) is 18.0. The van der Waals surface area contributed by atoms with E-state index in [1.807, 2.05) is 66.2 Å². The molecule has 0 saturated carbocycles. The molecule has 2 aromatic heterocycles. The Morgan fingerprint density at radius 2 is 1.97 bits per heavy atom. The number of hydrogen-bond donors (Lipinski definition) is 2. The van der Waals surface area contributed by atoms with Gasteiger partial charge in [-0.05, 0) is 56.1 Å². The first-order valence-corrected chi connectivity index (χ1v) is 12.1. The molecule has 1 atom stereocenters. The molecule has 1 saturated heterocycles. The highest BCUT2D eigenvalue weighted by Gasteiger charge is 2.23. The van der Waals surface area contributed by atoms with Gasteiger partial charge in [0, 0.05) is 18.2 Å². The Morgan fingerprint density at radius 3 is 2.72 bits per heavy atom. The quantitative estimate of drug-likeness (QED) is 0.269. The van der Waals surface area contributed by atoms with Gasteiger partial charge in [0.2, 0.25) is 0 Å². The molecule has 0 aliphatic carbocycles. The van der Waals surface area contributed by atoms with Gasteiger partial charge >= 0.3 is 0 Å². The minimum atomic E-state index is 0.233. The number of rotatable bonds is 8. The zero-order valence-electron chi connectivity index (χ0n) is 20.4. The zero-order chi connectivity index (χ0) is 24.9. The van der Waals surface area contributed by atoms with E-state index in [1.54, 1.807) is 6.08 Å². The van der Waals surface area contributed by atoms with Gasteiger partial charge in [-0.25, -0.2) is 14.6 Å². The number of nitrogens with zero attached hydrogens (tertiary/aromatic N) is 4. The molecule has 0 bridgehead atoms. The second-order valence-corrected chi connectivity index (χ2v) is 8.87. The summed E-state index contributed by atoms with van der Waals surface area (Å²) in [4.78, 5) is 8.73. The van der Waals surface area contributed by atoms with Crippen LogP contribution in [-0.4, -0.2) is 32.8 Å². The largest absolute Gasteiger partial charge is 0.489 e. The van der Waals surface area contributed by atoms with Crippen LogP contribution in [-0.2, 0) is 11.3 Å². The molecule has 2 aromatic carbocycles. The topological polar surface area (TPSA) is 100 Å². The Bertz CT molecular complexity index is 1370. The zero-order valence-corrected chi connectivity index (χ0v) is 20.4. The van der Waals surface area contributed by atoms with Crippen LogP contribution in [0.2, 0.25) is 0 Å². The number of benzene rings is 2. The van der Waals surface area contributed by atoms with Gasteiger partial charge in [-0.3, -0.25) is 0 Å². The van der Waals surface area contributed by atoms with E-state index in [0.717, 1.165) is 53.8 Å². The third-order valence-electron chi connectivity index (χ3n) is 6.17. The number of nitrogens with two attached hydrogens (primary N) is 1. The lowest BCUT2D eigenvalue weighted by atomic mass is 10.1. The van der Waals surface area contributed by atoms with Gasteiger partial charge < -0.3 is 20.5 Å².